The second kappa shape index (κ2) is 6.74. The lowest BCUT2D eigenvalue weighted by molar-refractivity contribution is 0.133. The van der Waals surface area contributed by atoms with E-state index in [9.17, 15) is 4.79 Å². The summed E-state index contributed by atoms with van der Waals surface area (Å²) < 4.78 is 0. The Bertz CT molecular complexity index is 220. The van der Waals surface area contributed by atoms with Gasteiger partial charge in [-0.25, -0.2) is 4.79 Å². The summed E-state index contributed by atoms with van der Waals surface area (Å²) in [4.78, 5) is 16.1. The van der Waals surface area contributed by atoms with E-state index < -0.39 is 0 Å². The first-order valence-electron chi connectivity index (χ1n) is 6.43. The van der Waals surface area contributed by atoms with Gasteiger partial charge in [0.05, 0.1) is 0 Å². The summed E-state index contributed by atoms with van der Waals surface area (Å²) in [7, 11) is 0. The Kier molecular flexibility index (Phi) is 5.60. The van der Waals surface area contributed by atoms with Gasteiger partial charge in [-0.05, 0) is 38.6 Å². The van der Waals surface area contributed by atoms with Crippen LogP contribution in [-0.2, 0) is 0 Å². The lowest BCUT2D eigenvalue weighted by Crippen LogP contribution is -2.47. The predicted molar refractivity (Wildman–Crippen MR) is 66.3 cm³/mol. The van der Waals surface area contributed by atoms with Crippen molar-refractivity contribution >= 4 is 6.03 Å². The summed E-state index contributed by atoms with van der Waals surface area (Å²) >= 11 is 0. The first-order valence-corrected chi connectivity index (χ1v) is 6.43. The van der Waals surface area contributed by atoms with Crippen molar-refractivity contribution < 1.29 is 4.79 Å². The van der Waals surface area contributed by atoms with Crippen LogP contribution in [0.1, 0.15) is 33.1 Å². The van der Waals surface area contributed by atoms with Crippen molar-refractivity contribution in [1.29, 1.82) is 0 Å². The molecule has 0 aliphatic carbocycles. The zero-order chi connectivity index (χ0) is 12.0. The highest BCUT2D eigenvalue weighted by molar-refractivity contribution is 5.74. The summed E-state index contributed by atoms with van der Waals surface area (Å²) in [6.07, 6.45) is 3.28. The number of amides is 2. The molecule has 4 heteroatoms. The molecule has 1 aliphatic rings. The van der Waals surface area contributed by atoms with Crippen molar-refractivity contribution in [1.82, 2.24) is 9.80 Å². The molecule has 1 unspecified atom stereocenters. The smallest absolute Gasteiger partial charge is 0.319 e. The minimum absolute atomic E-state index is 0.197. The third-order valence-corrected chi connectivity index (χ3v) is 3.21. The van der Waals surface area contributed by atoms with Gasteiger partial charge in [0.15, 0.2) is 0 Å². The van der Waals surface area contributed by atoms with Crippen LogP contribution in [0, 0.1) is 5.92 Å². The van der Waals surface area contributed by atoms with Crippen LogP contribution in [0.15, 0.2) is 0 Å². The van der Waals surface area contributed by atoms with Crippen LogP contribution in [0.25, 0.3) is 0 Å². The Morgan fingerprint density at radius 2 is 2.31 bits per heavy atom. The fourth-order valence-electron chi connectivity index (χ4n) is 2.23. The van der Waals surface area contributed by atoms with Crippen molar-refractivity contribution in [2.24, 2.45) is 11.7 Å². The van der Waals surface area contributed by atoms with Crippen LogP contribution in [0.5, 0.6) is 0 Å². The van der Waals surface area contributed by atoms with Crippen LogP contribution in [-0.4, -0.2) is 48.6 Å². The molecule has 1 saturated heterocycles. The standard InChI is InChI=1S/C12H25N3O/c1-3-14(9-5-7-13)12(16)15-8-4-6-11(2)10-15/h11H,3-10,13H2,1-2H3. The second-order valence-electron chi connectivity index (χ2n) is 4.70. The molecule has 0 saturated carbocycles. The number of carbonyl (C=O) groups is 1. The van der Waals surface area contributed by atoms with Gasteiger partial charge in [-0.3, -0.25) is 0 Å². The molecule has 4 nitrogen and oxygen atoms in total. The number of nitrogens with two attached hydrogens (primary N) is 1. The van der Waals surface area contributed by atoms with Crippen LogP contribution in [0.4, 0.5) is 4.79 Å². The third-order valence-electron chi connectivity index (χ3n) is 3.21. The van der Waals surface area contributed by atoms with Crippen LogP contribution in [0.3, 0.4) is 0 Å². The molecular formula is C12H25N3O. The molecule has 1 fully saturated rings. The highest BCUT2D eigenvalue weighted by Gasteiger charge is 2.23. The first kappa shape index (κ1) is 13.3. The third kappa shape index (κ3) is 3.67. The van der Waals surface area contributed by atoms with Gasteiger partial charge in [0, 0.05) is 26.2 Å². The van der Waals surface area contributed by atoms with E-state index in [4.69, 9.17) is 5.73 Å². The first-order chi connectivity index (χ1) is 7.69. The van der Waals surface area contributed by atoms with Crippen LogP contribution < -0.4 is 5.73 Å². The van der Waals surface area contributed by atoms with Crippen molar-refractivity contribution in [3.8, 4) is 0 Å². The van der Waals surface area contributed by atoms with Crippen LogP contribution >= 0.6 is 0 Å². The minimum Gasteiger partial charge on any atom is -0.330 e. The molecule has 1 heterocycles. The minimum atomic E-state index is 0.197. The number of carbonyl (C=O) groups excluding carboxylic acids is 1. The molecular weight excluding hydrogens is 202 g/mol. The van der Waals surface area contributed by atoms with E-state index in [-0.39, 0.29) is 6.03 Å². The van der Waals surface area contributed by atoms with Crippen molar-refractivity contribution in [3.05, 3.63) is 0 Å². The Labute approximate surface area is 98.8 Å². The van der Waals surface area contributed by atoms with E-state index in [1.807, 2.05) is 16.7 Å². The van der Waals surface area contributed by atoms with Crippen molar-refractivity contribution in [3.63, 3.8) is 0 Å². The van der Waals surface area contributed by atoms with E-state index >= 15 is 0 Å². The number of rotatable bonds is 4. The lowest BCUT2D eigenvalue weighted by atomic mass is 10.0. The number of nitrogens with zero attached hydrogens (tertiary/aromatic N) is 2. The van der Waals surface area contributed by atoms with Gasteiger partial charge in [0.25, 0.3) is 0 Å². The maximum Gasteiger partial charge on any atom is 0.319 e. The number of urea groups is 1. The summed E-state index contributed by atoms with van der Waals surface area (Å²) in [5.41, 5.74) is 5.48. The topological polar surface area (TPSA) is 49.6 Å². The summed E-state index contributed by atoms with van der Waals surface area (Å²) in [6, 6.07) is 0.197. The van der Waals surface area contributed by atoms with E-state index in [2.05, 4.69) is 6.92 Å². The highest BCUT2D eigenvalue weighted by Crippen LogP contribution is 2.16. The molecule has 0 bridgehead atoms. The molecule has 1 rings (SSSR count). The van der Waals surface area contributed by atoms with E-state index in [0.717, 1.165) is 39.0 Å². The quantitative estimate of drug-likeness (QED) is 0.791. The van der Waals surface area contributed by atoms with E-state index in [1.54, 1.807) is 0 Å². The normalized spacial score (nSPS) is 20.9. The van der Waals surface area contributed by atoms with Gasteiger partial charge in [-0.15, -0.1) is 0 Å². The number of piperidine rings is 1. The molecule has 1 aliphatic heterocycles. The van der Waals surface area contributed by atoms with Gasteiger partial charge in [-0.2, -0.15) is 0 Å². The maximum absolute atomic E-state index is 12.2. The Morgan fingerprint density at radius 3 is 2.88 bits per heavy atom. The van der Waals surface area contributed by atoms with Crippen molar-refractivity contribution in [2.75, 3.05) is 32.7 Å². The van der Waals surface area contributed by atoms with E-state index in [0.29, 0.717) is 12.5 Å². The SMILES string of the molecule is CCN(CCCN)C(=O)N1CCCC(C)C1. The average Bonchev–Trinajstić information content (AvgIpc) is 2.29. The second-order valence-corrected chi connectivity index (χ2v) is 4.70. The molecule has 0 aromatic rings. The molecule has 0 radical (unpaired) electrons. The fraction of sp³-hybridized carbons (Fsp3) is 0.917. The Balaban J connectivity index is 2.46. The number of hydrogen-bond donors (Lipinski definition) is 1. The zero-order valence-corrected chi connectivity index (χ0v) is 10.6. The van der Waals surface area contributed by atoms with Gasteiger partial charge < -0.3 is 15.5 Å². The molecule has 0 aromatic carbocycles. The lowest BCUT2D eigenvalue weighted by Gasteiger charge is -2.35. The van der Waals surface area contributed by atoms with Gasteiger partial charge in [-0.1, -0.05) is 6.92 Å². The van der Waals surface area contributed by atoms with E-state index in [1.165, 1.54) is 6.42 Å². The molecule has 2 N–H and O–H groups in total. The molecule has 16 heavy (non-hydrogen) atoms. The Hall–Kier alpha value is -0.770. The summed E-state index contributed by atoms with van der Waals surface area (Å²) in [5, 5.41) is 0. The van der Waals surface area contributed by atoms with Gasteiger partial charge in [0.1, 0.15) is 0 Å². The highest BCUT2D eigenvalue weighted by atomic mass is 16.2. The molecule has 0 spiro atoms. The summed E-state index contributed by atoms with van der Waals surface area (Å²) in [5.74, 6) is 0.644. The van der Waals surface area contributed by atoms with Crippen molar-refractivity contribution in [2.45, 2.75) is 33.1 Å². The number of likely N-dealkylation sites (tertiary alicyclic amines) is 1. The molecule has 2 amide bonds. The van der Waals surface area contributed by atoms with Gasteiger partial charge >= 0.3 is 6.03 Å². The molecule has 0 aromatic heterocycles. The average molecular weight is 227 g/mol. The molecule has 1 atom stereocenters. The monoisotopic (exact) mass is 227 g/mol. The maximum atomic E-state index is 12.2. The molecule has 94 valence electrons. The Morgan fingerprint density at radius 1 is 1.56 bits per heavy atom. The predicted octanol–water partition coefficient (Wildman–Crippen LogP) is 1.51. The fourth-order valence-corrected chi connectivity index (χ4v) is 2.23. The van der Waals surface area contributed by atoms with Gasteiger partial charge in [0.2, 0.25) is 0 Å². The number of hydrogen-bond acceptors (Lipinski definition) is 2. The zero-order valence-electron chi connectivity index (χ0n) is 10.6. The summed E-state index contributed by atoms with van der Waals surface area (Å²) in [6.45, 7) is 8.30. The van der Waals surface area contributed by atoms with Crippen LogP contribution in [0.2, 0.25) is 0 Å². The largest absolute Gasteiger partial charge is 0.330 e.